The van der Waals surface area contributed by atoms with Crippen LogP contribution in [0.3, 0.4) is 0 Å². The van der Waals surface area contributed by atoms with Gasteiger partial charge in [-0.1, -0.05) is 29.3 Å². The molecule has 0 atom stereocenters. The average Bonchev–Trinajstić information content (AvgIpc) is 2.50. The maximum Gasteiger partial charge on any atom is 0.274 e. The summed E-state index contributed by atoms with van der Waals surface area (Å²) in [5.74, 6) is -0.303. The lowest BCUT2D eigenvalue weighted by atomic mass is 10.2. The van der Waals surface area contributed by atoms with Crippen LogP contribution in [-0.2, 0) is 6.54 Å². The van der Waals surface area contributed by atoms with Crippen molar-refractivity contribution in [3.05, 3.63) is 58.1 Å². The molecular formula is C14H13Cl2N3O2. The first-order valence-corrected chi connectivity index (χ1v) is 6.97. The lowest BCUT2D eigenvalue weighted by molar-refractivity contribution is 0.0701. The van der Waals surface area contributed by atoms with Crippen molar-refractivity contribution in [1.82, 2.24) is 14.9 Å². The van der Waals surface area contributed by atoms with Crippen molar-refractivity contribution in [2.45, 2.75) is 6.54 Å². The summed E-state index contributed by atoms with van der Waals surface area (Å²) in [6.45, 7) is 0.343. The van der Waals surface area contributed by atoms with E-state index in [0.717, 1.165) is 5.56 Å². The summed E-state index contributed by atoms with van der Waals surface area (Å²) >= 11 is 11.8. The van der Waals surface area contributed by atoms with Crippen LogP contribution in [-0.4, -0.2) is 39.0 Å². The summed E-state index contributed by atoms with van der Waals surface area (Å²) in [4.78, 5) is 21.7. The monoisotopic (exact) mass is 325 g/mol. The van der Waals surface area contributed by atoms with Crippen LogP contribution in [0.2, 0.25) is 10.0 Å². The molecule has 0 bridgehead atoms. The molecule has 21 heavy (non-hydrogen) atoms. The zero-order valence-corrected chi connectivity index (χ0v) is 12.6. The Morgan fingerprint density at radius 1 is 1.24 bits per heavy atom. The summed E-state index contributed by atoms with van der Waals surface area (Å²) in [5.41, 5.74) is 1.04. The van der Waals surface area contributed by atoms with Crippen molar-refractivity contribution in [2.24, 2.45) is 0 Å². The first-order chi connectivity index (χ1) is 10.1. The molecule has 2 aromatic rings. The van der Waals surface area contributed by atoms with Crippen molar-refractivity contribution >= 4 is 29.1 Å². The van der Waals surface area contributed by atoms with E-state index in [4.69, 9.17) is 28.3 Å². The largest absolute Gasteiger partial charge is 0.395 e. The smallest absolute Gasteiger partial charge is 0.274 e. The van der Waals surface area contributed by atoms with E-state index < -0.39 is 0 Å². The molecule has 1 N–H and O–H groups in total. The highest BCUT2D eigenvalue weighted by molar-refractivity contribution is 6.42. The van der Waals surface area contributed by atoms with Crippen LogP contribution in [0.5, 0.6) is 0 Å². The van der Waals surface area contributed by atoms with Gasteiger partial charge in [0, 0.05) is 25.5 Å². The van der Waals surface area contributed by atoms with Crippen molar-refractivity contribution in [2.75, 3.05) is 13.2 Å². The molecule has 1 aromatic carbocycles. The summed E-state index contributed by atoms with van der Waals surface area (Å²) < 4.78 is 0. The normalized spacial score (nSPS) is 10.4. The lowest BCUT2D eigenvalue weighted by Crippen LogP contribution is -2.33. The molecule has 1 amide bonds. The van der Waals surface area contributed by atoms with E-state index in [-0.39, 0.29) is 24.8 Å². The van der Waals surface area contributed by atoms with Crippen molar-refractivity contribution in [3.63, 3.8) is 0 Å². The number of carbonyl (C=O) groups is 1. The number of rotatable bonds is 5. The predicted octanol–water partition coefficient (Wildman–Crippen LogP) is 2.42. The second-order valence-corrected chi connectivity index (χ2v) is 5.10. The van der Waals surface area contributed by atoms with E-state index >= 15 is 0 Å². The first kappa shape index (κ1) is 15.7. The molecule has 0 spiro atoms. The van der Waals surface area contributed by atoms with Gasteiger partial charge in [-0.2, -0.15) is 0 Å². The van der Waals surface area contributed by atoms with Crippen LogP contribution >= 0.6 is 23.2 Å². The molecule has 0 fully saturated rings. The molecule has 110 valence electrons. The third-order valence-electron chi connectivity index (χ3n) is 2.80. The third-order valence-corrected chi connectivity index (χ3v) is 3.54. The Morgan fingerprint density at radius 2 is 2.05 bits per heavy atom. The standard InChI is InChI=1S/C14H13Cl2N3O2/c15-11-2-1-10(7-12(11)16)9-19(5-6-20)14(21)13-8-17-3-4-18-13/h1-4,7-8,20H,5-6,9H2. The molecule has 0 saturated carbocycles. The van der Waals surface area contributed by atoms with Crippen LogP contribution < -0.4 is 0 Å². The fourth-order valence-corrected chi connectivity index (χ4v) is 2.12. The summed E-state index contributed by atoms with van der Waals surface area (Å²) in [6.07, 6.45) is 4.33. The Labute approximate surface area is 132 Å². The minimum atomic E-state index is -0.303. The number of halogens is 2. The number of amides is 1. The van der Waals surface area contributed by atoms with Crippen molar-refractivity contribution in [1.29, 1.82) is 0 Å². The van der Waals surface area contributed by atoms with Gasteiger partial charge in [0.1, 0.15) is 5.69 Å². The Bertz CT molecular complexity index is 623. The number of hydrogen-bond acceptors (Lipinski definition) is 4. The minimum absolute atomic E-state index is 0.146. The molecule has 0 unspecified atom stereocenters. The highest BCUT2D eigenvalue weighted by atomic mass is 35.5. The number of hydrogen-bond donors (Lipinski definition) is 1. The SMILES string of the molecule is O=C(c1cnccn1)N(CCO)Cc1ccc(Cl)c(Cl)c1. The molecule has 5 nitrogen and oxygen atoms in total. The van der Waals surface area contributed by atoms with Crippen molar-refractivity contribution in [3.8, 4) is 0 Å². The predicted molar refractivity (Wildman–Crippen MR) is 80.3 cm³/mol. The van der Waals surface area contributed by atoms with Crippen LogP contribution in [0.4, 0.5) is 0 Å². The van der Waals surface area contributed by atoms with Gasteiger partial charge in [-0.25, -0.2) is 4.98 Å². The van der Waals surface area contributed by atoms with Gasteiger partial charge < -0.3 is 10.0 Å². The molecular weight excluding hydrogens is 313 g/mol. The highest BCUT2D eigenvalue weighted by Crippen LogP contribution is 2.23. The molecule has 0 radical (unpaired) electrons. The Hall–Kier alpha value is -1.69. The molecule has 7 heteroatoms. The molecule has 0 aliphatic carbocycles. The summed E-state index contributed by atoms with van der Waals surface area (Å²) in [5, 5.41) is 10.0. The topological polar surface area (TPSA) is 66.3 Å². The number of benzene rings is 1. The third kappa shape index (κ3) is 4.14. The van der Waals surface area contributed by atoms with Gasteiger partial charge in [-0.3, -0.25) is 9.78 Å². The molecule has 0 aliphatic rings. The lowest BCUT2D eigenvalue weighted by Gasteiger charge is -2.21. The Morgan fingerprint density at radius 3 is 2.67 bits per heavy atom. The summed E-state index contributed by atoms with van der Waals surface area (Å²) in [7, 11) is 0. The van der Waals surface area contributed by atoms with Crippen LogP contribution in [0.1, 0.15) is 16.1 Å². The van der Waals surface area contributed by atoms with Crippen molar-refractivity contribution < 1.29 is 9.90 Å². The van der Waals surface area contributed by atoms with Gasteiger partial charge in [-0.05, 0) is 17.7 Å². The number of aliphatic hydroxyl groups excluding tert-OH is 1. The van der Waals surface area contributed by atoms with E-state index in [9.17, 15) is 4.79 Å². The van der Waals surface area contributed by atoms with Gasteiger partial charge in [0.05, 0.1) is 22.8 Å². The zero-order chi connectivity index (χ0) is 15.2. The minimum Gasteiger partial charge on any atom is -0.395 e. The van der Waals surface area contributed by atoms with Crippen LogP contribution in [0, 0.1) is 0 Å². The number of nitrogens with zero attached hydrogens (tertiary/aromatic N) is 3. The van der Waals surface area contributed by atoms with Gasteiger partial charge in [0.2, 0.25) is 0 Å². The van der Waals surface area contributed by atoms with Crippen LogP contribution in [0.15, 0.2) is 36.8 Å². The quantitative estimate of drug-likeness (QED) is 0.916. The highest BCUT2D eigenvalue weighted by Gasteiger charge is 2.17. The second-order valence-electron chi connectivity index (χ2n) is 4.29. The average molecular weight is 326 g/mol. The Balaban J connectivity index is 2.19. The van der Waals surface area contributed by atoms with E-state index in [1.807, 2.05) is 0 Å². The number of aliphatic hydroxyl groups is 1. The molecule has 0 saturated heterocycles. The fraction of sp³-hybridized carbons (Fsp3) is 0.214. The van der Waals surface area contributed by atoms with Gasteiger partial charge >= 0.3 is 0 Å². The van der Waals surface area contributed by atoms with Crippen LogP contribution in [0.25, 0.3) is 0 Å². The number of aromatic nitrogens is 2. The first-order valence-electron chi connectivity index (χ1n) is 6.22. The molecule has 1 aromatic heterocycles. The van der Waals surface area contributed by atoms with Gasteiger partial charge in [-0.15, -0.1) is 0 Å². The molecule has 0 aliphatic heterocycles. The maximum atomic E-state index is 12.3. The summed E-state index contributed by atoms with van der Waals surface area (Å²) in [6, 6.07) is 5.14. The fourth-order valence-electron chi connectivity index (χ4n) is 1.80. The van der Waals surface area contributed by atoms with Gasteiger partial charge in [0.25, 0.3) is 5.91 Å². The van der Waals surface area contributed by atoms with E-state index in [1.54, 1.807) is 18.2 Å². The molecule has 2 rings (SSSR count). The van der Waals surface area contributed by atoms with E-state index in [2.05, 4.69) is 9.97 Å². The molecule has 1 heterocycles. The number of carbonyl (C=O) groups excluding carboxylic acids is 1. The second kappa shape index (κ2) is 7.36. The Kier molecular flexibility index (Phi) is 5.50. The van der Waals surface area contributed by atoms with Gasteiger partial charge in [0.15, 0.2) is 0 Å². The zero-order valence-electron chi connectivity index (χ0n) is 11.0. The maximum absolute atomic E-state index is 12.3. The van der Waals surface area contributed by atoms with E-state index in [0.29, 0.717) is 16.6 Å². The van der Waals surface area contributed by atoms with E-state index in [1.165, 1.54) is 23.5 Å².